The third-order valence-corrected chi connectivity index (χ3v) is 4.55. The van der Waals surface area contributed by atoms with E-state index in [2.05, 4.69) is 33.0 Å². The van der Waals surface area contributed by atoms with Crippen LogP contribution in [-0.2, 0) is 12.7 Å². The first kappa shape index (κ1) is 18.4. The number of nitrogens with one attached hydrogen (secondary N) is 1. The molecule has 3 rings (SSSR count). The second kappa shape index (κ2) is 7.48. The Morgan fingerprint density at radius 3 is 2.65 bits per heavy atom. The molecular formula is C18H13F3IN3O. The van der Waals surface area contributed by atoms with Gasteiger partial charge in [-0.05, 0) is 52.4 Å². The van der Waals surface area contributed by atoms with Crippen molar-refractivity contribution in [1.82, 2.24) is 9.78 Å². The van der Waals surface area contributed by atoms with Gasteiger partial charge in [0.15, 0.2) is 0 Å². The zero-order chi connectivity index (χ0) is 18.7. The highest BCUT2D eigenvalue weighted by Gasteiger charge is 2.30. The maximum Gasteiger partial charge on any atom is 0.416 e. The molecule has 0 unspecified atom stereocenters. The predicted molar refractivity (Wildman–Crippen MR) is 99.9 cm³/mol. The van der Waals surface area contributed by atoms with E-state index in [9.17, 15) is 18.0 Å². The first-order valence-electron chi connectivity index (χ1n) is 7.57. The van der Waals surface area contributed by atoms with Crippen molar-refractivity contribution in [1.29, 1.82) is 0 Å². The average Bonchev–Trinajstić information content (AvgIpc) is 3.01. The molecule has 0 aliphatic rings. The maximum atomic E-state index is 12.8. The number of nitrogens with zero attached hydrogens (tertiary/aromatic N) is 2. The van der Waals surface area contributed by atoms with Crippen molar-refractivity contribution in [3.8, 4) is 0 Å². The molecule has 4 nitrogen and oxygen atoms in total. The molecule has 0 saturated carbocycles. The van der Waals surface area contributed by atoms with Crippen molar-refractivity contribution in [3.05, 3.63) is 81.2 Å². The van der Waals surface area contributed by atoms with Crippen LogP contribution in [0.2, 0.25) is 0 Å². The Morgan fingerprint density at radius 1 is 1.15 bits per heavy atom. The lowest BCUT2D eigenvalue weighted by atomic mass is 10.1. The Kier molecular flexibility index (Phi) is 5.30. The van der Waals surface area contributed by atoms with Gasteiger partial charge in [0.2, 0.25) is 0 Å². The van der Waals surface area contributed by atoms with Crippen LogP contribution in [-0.4, -0.2) is 15.7 Å². The average molecular weight is 471 g/mol. The fourth-order valence-corrected chi connectivity index (χ4v) is 3.02. The Bertz CT molecular complexity index is 937. The lowest BCUT2D eigenvalue weighted by Gasteiger charge is -2.08. The SMILES string of the molecule is O=C(Nc1cnn(Cc2cccc(C(F)(F)F)c2)c1)c1ccccc1I. The standard InChI is InChI=1S/C18H13F3IN3O/c19-18(20,21)13-5-3-4-12(8-13)10-25-11-14(9-23-25)24-17(26)15-6-1-2-7-16(15)22/h1-9,11H,10H2,(H,24,26). The van der Waals surface area contributed by atoms with E-state index in [1.165, 1.54) is 16.9 Å². The van der Waals surface area contributed by atoms with Crippen LogP contribution in [0.5, 0.6) is 0 Å². The molecule has 2 aromatic carbocycles. The number of amides is 1. The number of hydrogen-bond acceptors (Lipinski definition) is 2. The molecule has 0 fully saturated rings. The number of aromatic nitrogens is 2. The molecule has 1 aromatic heterocycles. The zero-order valence-corrected chi connectivity index (χ0v) is 15.5. The van der Waals surface area contributed by atoms with Crippen molar-refractivity contribution in [2.45, 2.75) is 12.7 Å². The van der Waals surface area contributed by atoms with Gasteiger partial charge in [0.05, 0.1) is 29.6 Å². The number of carbonyl (C=O) groups is 1. The number of anilines is 1. The van der Waals surface area contributed by atoms with Gasteiger partial charge in [-0.15, -0.1) is 0 Å². The van der Waals surface area contributed by atoms with Crippen molar-refractivity contribution >= 4 is 34.2 Å². The van der Waals surface area contributed by atoms with Gasteiger partial charge in [0.1, 0.15) is 0 Å². The first-order valence-corrected chi connectivity index (χ1v) is 8.65. The van der Waals surface area contributed by atoms with Crippen LogP contribution in [0.25, 0.3) is 0 Å². The molecule has 1 N–H and O–H groups in total. The fourth-order valence-electron chi connectivity index (χ4n) is 2.39. The maximum absolute atomic E-state index is 12.8. The molecule has 0 spiro atoms. The van der Waals surface area contributed by atoms with Gasteiger partial charge in [-0.2, -0.15) is 18.3 Å². The van der Waals surface area contributed by atoms with Crippen LogP contribution in [0.15, 0.2) is 60.9 Å². The molecule has 0 bridgehead atoms. The monoisotopic (exact) mass is 471 g/mol. The minimum absolute atomic E-state index is 0.169. The van der Waals surface area contributed by atoms with Crippen molar-refractivity contribution in [2.24, 2.45) is 0 Å². The van der Waals surface area contributed by atoms with Crippen molar-refractivity contribution in [3.63, 3.8) is 0 Å². The predicted octanol–water partition coefficient (Wildman–Crippen LogP) is 4.81. The number of hydrogen-bond donors (Lipinski definition) is 1. The second-order valence-corrected chi connectivity index (χ2v) is 6.72. The molecule has 0 saturated heterocycles. The smallest absolute Gasteiger partial charge is 0.319 e. The number of rotatable bonds is 4. The Morgan fingerprint density at radius 2 is 1.92 bits per heavy atom. The Balaban J connectivity index is 1.71. The largest absolute Gasteiger partial charge is 0.416 e. The first-order chi connectivity index (χ1) is 12.3. The minimum Gasteiger partial charge on any atom is -0.319 e. The summed E-state index contributed by atoms with van der Waals surface area (Å²) >= 11 is 2.07. The summed E-state index contributed by atoms with van der Waals surface area (Å²) in [6, 6.07) is 12.2. The molecule has 134 valence electrons. The number of alkyl halides is 3. The minimum atomic E-state index is -4.38. The highest BCUT2D eigenvalue weighted by atomic mass is 127. The molecule has 26 heavy (non-hydrogen) atoms. The van der Waals surface area contributed by atoms with E-state index in [0.29, 0.717) is 16.8 Å². The third-order valence-electron chi connectivity index (χ3n) is 3.61. The number of halogens is 4. The fraction of sp³-hybridized carbons (Fsp3) is 0.111. The molecule has 1 amide bonds. The number of benzene rings is 2. The van der Waals surface area contributed by atoms with Gasteiger partial charge in [-0.1, -0.05) is 24.3 Å². The zero-order valence-electron chi connectivity index (χ0n) is 13.3. The van der Waals surface area contributed by atoms with Crippen LogP contribution in [0.3, 0.4) is 0 Å². The topological polar surface area (TPSA) is 46.9 Å². The molecule has 0 aliphatic heterocycles. The van der Waals surface area contributed by atoms with Crippen molar-refractivity contribution in [2.75, 3.05) is 5.32 Å². The summed E-state index contributed by atoms with van der Waals surface area (Å²) in [6.45, 7) is 0.169. The molecule has 8 heteroatoms. The lowest BCUT2D eigenvalue weighted by Crippen LogP contribution is -2.12. The van der Waals surface area contributed by atoms with Gasteiger partial charge in [0, 0.05) is 9.77 Å². The van der Waals surface area contributed by atoms with E-state index < -0.39 is 11.7 Å². The molecule has 3 aromatic rings. The van der Waals surface area contributed by atoms with E-state index in [1.54, 1.807) is 24.4 Å². The number of carbonyl (C=O) groups excluding carboxylic acids is 1. The van der Waals surface area contributed by atoms with Gasteiger partial charge < -0.3 is 5.32 Å². The Hall–Kier alpha value is -2.36. The summed E-state index contributed by atoms with van der Waals surface area (Å²) in [5.74, 6) is -0.270. The summed E-state index contributed by atoms with van der Waals surface area (Å²) in [5.41, 5.74) is 0.785. The van der Waals surface area contributed by atoms with Crippen LogP contribution < -0.4 is 5.32 Å². The van der Waals surface area contributed by atoms with Gasteiger partial charge in [-0.3, -0.25) is 9.48 Å². The van der Waals surface area contributed by atoms with Crippen LogP contribution in [0.1, 0.15) is 21.5 Å². The van der Waals surface area contributed by atoms with E-state index in [-0.39, 0.29) is 12.5 Å². The summed E-state index contributed by atoms with van der Waals surface area (Å²) in [5, 5.41) is 6.83. The van der Waals surface area contributed by atoms with E-state index in [4.69, 9.17) is 0 Å². The molecule has 0 atom stereocenters. The van der Waals surface area contributed by atoms with Crippen LogP contribution in [0.4, 0.5) is 18.9 Å². The van der Waals surface area contributed by atoms with E-state index in [0.717, 1.165) is 15.7 Å². The van der Waals surface area contributed by atoms with Gasteiger partial charge >= 0.3 is 6.18 Å². The third kappa shape index (κ3) is 4.43. The van der Waals surface area contributed by atoms with Crippen LogP contribution >= 0.6 is 22.6 Å². The highest BCUT2D eigenvalue weighted by Crippen LogP contribution is 2.29. The highest BCUT2D eigenvalue weighted by molar-refractivity contribution is 14.1. The normalized spacial score (nSPS) is 11.4. The lowest BCUT2D eigenvalue weighted by molar-refractivity contribution is -0.137. The summed E-state index contributed by atoms with van der Waals surface area (Å²) in [6.07, 6.45) is -1.35. The summed E-state index contributed by atoms with van der Waals surface area (Å²) in [7, 11) is 0. The molecule has 0 aliphatic carbocycles. The van der Waals surface area contributed by atoms with E-state index in [1.807, 2.05) is 12.1 Å². The van der Waals surface area contributed by atoms with Gasteiger partial charge in [0.25, 0.3) is 5.91 Å². The summed E-state index contributed by atoms with van der Waals surface area (Å²) < 4.78 is 40.6. The van der Waals surface area contributed by atoms with Crippen molar-refractivity contribution < 1.29 is 18.0 Å². The molecule has 1 heterocycles. The van der Waals surface area contributed by atoms with Crippen LogP contribution in [0, 0.1) is 3.57 Å². The Labute approximate surface area is 161 Å². The van der Waals surface area contributed by atoms with Gasteiger partial charge in [-0.25, -0.2) is 0 Å². The van der Waals surface area contributed by atoms with E-state index >= 15 is 0 Å². The quantitative estimate of drug-likeness (QED) is 0.556. The second-order valence-electron chi connectivity index (χ2n) is 5.56. The molecule has 0 radical (unpaired) electrons. The summed E-state index contributed by atoms with van der Waals surface area (Å²) in [4.78, 5) is 12.3. The molecular weight excluding hydrogens is 458 g/mol.